The van der Waals surface area contributed by atoms with Gasteiger partial charge in [-0.1, -0.05) is 32.9 Å². The Labute approximate surface area is 70.1 Å². The molecule has 66 valence electrons. The molecule has 0 aliphatic rings. The predicted octanol–water partition coefficient (Wildman–Crippen LogP) is 2.61. The number of allylic oxidation sites excluding steroid dienone is 1. The summed E-state index contributed by atoms with van der Waals surface area (Å²) in [6.07, 6.45) is 4.20. The molecular weight excluding hydrogens is 136 g/mol. The van der Waals surface area contributed by atoms with Gasteiger partial charge in [-0.3, -0.25) is 0 Å². The highest BCUT2D eigenvalue weighted by Crippen LogP contribution is 2.17. The zero-order valence-electron chi connectivity index (χ0n) is 8.26. The zero-order chi connectivity index (χ0) is 9.07. The molecule has 0 amide bonds. The van der Waals surface area contributed by atoms with Crippen molar-refractivity contribution < 1.29 is 5.11 Å². The van der Waals surface area contributed by atoms with Crippen molar-refractivity contribution in [1.82, 2.24) is 0 Å². The fourth-order valence-electron chi connectivity index (χ4n) is 0.624. The van der Waals surface area contributed by atoms with Crippen LogP contribution >= 0.6 is 0 Å². The van der Waals surface area contributed by atoms with E-state index in [-0.39, 0.29) is 5.92 Å². The van der Waals surface area contributed by atoms with E-state index in [9.17, 15) is 5.11 Å². The molecule has 11 heavy (non-hydrogen) atoms. The lowest BCUT2D eigenvalue weighted by atomic mass is 9.92. The summed E-state index contributed by atoms with van der Waals surface area (Å²) in [5.74, 6) is 0.796. The molecule has 0 unspecified atom stereocenters. The van der Waals surface area contributed by atoms with Gasteiger partial charge in [0.15, 0.2) is 0 Å². The van der Waals surface area contributed by atoms with Gasteiger partial charge >= 0.3 is 0 Å². The van der Waals surface area contributed by atoms with Gasteiger partial charge in [0.05, 0.1) is 5.60 Å². The first-order chi connectivity index (χ1) is 4.84. The van der Waals surface area contributed by atoms with Crippen LogP contribution < -0.4 is 0 Å². The van der Waals surface area contributed by atoms with Gasteiger partial charge in [-0.2, -0.15) is 0 Å². The Kier molecular flexibility index (Phi) is 3.81. The molecule has 1 heteroatoms. The van der Waals surface area contributed by atoms with E-state index in [0.29, 0.717) is 5.92 Å². The number of hydrogen-bond acceptors (Lipinski definition) is 1. The molecule has 0 aliphatic heterocycles. The second-order valence-electron chi connectivity index (χ2n) is 4.07. The summed E-state index contributed by atoms with van der Waals surface area (Å²) in [5, 5.41) is 9.55. The van der Waals surface area contributed by atoms with Crippen LogP contribution in [0.2, 0.25) is 0 Å². The number of hydrogen-bond donors (Lipinski definition) is 1. The Hall–Kier alpha value is -0.300. The molecular formula is C10H20O. The lowest BCUT2D eigenvalue weighted by Crippen LogP contribution is -2.26. The molecule has 0 fully saturated rings. The van der Waals surface area contributed by atoms with Gasteiger partial charge in [0.1, 0.15) is 0 Å². The van der Waals surface area contributed by atoms with Crippen LogP contribution in [0.5, 0.6) is 0 Å². The van der Waals surface area contributed by atoms with Crippen LogP contribution in [0.3, 0.4) is 0 Å². The molecule has 1 N–H and O–H groups in total. The van der Waals surface area contributed by atoms with Crippen LogP contribution in [-0.4, -0.2) is 10.7 Å². The smallest absolute Gasteiger partial charge is 0.0651 e. The van der Waals surface area contributed by atoms with Crippen LogP contribution in [0, 0.1) is 11.8 Å². The van der Waals surface area contributed by atoms with Crippen molar-refractivity contribution in [1.29, 1.82) is 0 Å². The van der Waals surface area contributed by atoms with E-state index in [1.165, 1.54) is 0 Å². The molecule has 1 atom stereocenters. The molecule has 0 aromatic carbocycles. The molecule has 0 aromatic heterocycles. The number of rotatable bonds is 3. The summed E-state index contributed by atoms with van der Waals surface area (Å²) in [7, 11) is 0. The Balaban J connectivity index is 3.97. The summed E-state index contributed by atoms with van der Waals surface area (Å²) in [6.45, 7) is 9.96. The van der Waals surface area contributed by atoms with Crippen LogP contribution in [-0.2, 0) is 0 Å². The standard InChI is InChI=1S/C10H20O/c1-8(2)6-7-9(3)10(4,5)11/h6-9,11H,1-5H3/t9-/m1/s1. The minimum Gasteiger partial charge on any atom is -0.390 e. The Bertz CT molecular complexity index is 128. The van der Waals surface area contributed by atoms with Gasteiger partial charge in [0, 0.05) is 5.92 Å². The third-order valence-electron chi connectivity index (χ3n) is 1.90. The molecule has 0 aromatic rings. The van der Waals surface area contributed by atoms with Crippen LogP contribution in [0.4, 0.5) is 0 Å². The van der Waals surface area contributed by atoms with Crippen molar-refractivity contribution >= 4 is 0 Å². The summed E-state index contributed by atoms with van der Waals surface area (Å²) in [4.78, 5) is 0. The number of aliphatic hydroxyl groups is 1. The van der Waals surface area contributed by atoms with Gasteiger partial charge in [-0.05, 0) is 19.8 Å². The molecule has 0 bridgehead atoms. The van der Waals surface area contributed by atoms with Gasteiger partial charge < -0.3 is 5.11 Å². The second kappa shape index (κ2) is 3.91. The topological polar surface area (TPSA) is 20.2 Å². The quantitative estimate of drug-likeness (QED) is 0.623. The van der Waals surface area contributed by atoms with E-state index < -0.39 is 5.60 Å². The maximum atomic E-state index is 9.55. The molecule has 0 heterocycles. The first-order valence-corrected chi connectivity index (χ1v) is 4.24. The molecule has 0 saturated carbocycles. The van der Waals surface area contributed by atoms with E-state index in [4.69, 9.17) is 0 Å². The molecule has 0 saturated heterocycles. The van der Waals surface area contributed by atoms with Gasteiger partial charge in [0.25, 0.3) is 0 Å². The van der Waals surface area contributed by atoms with Crippen molar-refractivity contribution in [2.75, 3.05) is 0 Å². The molecule has 1 nitrogen and oxygen atoms in total. The van der Waals surface area contributed by atoms with E-state index in [1.807, 2.05) is 20.8 Å². The van der Waals surface area contributed by atoms with Crippen molar-refractivity contribution in [2.24, 2.45) is 11.8 Å². The van der Waals surface area contributed by atoms with E-state index in [1.54, 1.807) is 0 Å². The van der Waals surface area contributed by atoms with Crippen molar-refractivity contribution in [3.05, 3.63) is 12.2 Å². The molecule has 0 radical (unpaired) electrons. The van der Waals surface area contributed by atoms with Gasteiger partial charge in [0.2, 0.25) is 0 Å². The average Bonchev–Trinajstić information content (AvgIpc) is 1.80. The maximum Gasteiger partial charge on any atom is 0.0651 e. The lowest BCUT2D eigenvalue weighted by Gasteiger charge is -2.22. The highest BCUT2D eigenvalue weighted by atomic mass is 16.3. The van der Waals surface area contributed by atoms with E-state index >= 15 is 0 Å². The fraction of sp³-hybridized carbons (Fsp3) is 0.800. The van der Waals surface area contributed by atoms with Crippen LogP contribution in [0.15, 0.2) is 12.2 Å². The molecule has 0 rings (SSSR count). The highest BCUT2D eigenvalue weighted by Gasteiger charge is 2.18. The minimum absolute atomic E-state index is 0.227. The van der Waals surface area contributed by atoms with Crippen molar-refractivity contribution in [3.8, 4) is 0 Å². The van der Waals surface area contributed by atoms with Gasteiger partial charge in [-0.25, -0.2) is 0 Å². The third kappa shape index (κ3) is 5.02. The van der Waals surface area contributed by atoms with Gasteiger partial charge in [-0.15, -0.1) is 0 Å². The summed E-state index contributed by atoms with van der Waals surface area (Å²) >= 11 is 0. The van der Waals surface area contributed by atoms with Crippen LogP contribution in [0.1, 0.15) is 34.6 Å². The van der Waals surface area contributed by atoms with E-state index in [2.05, 4.69) is 26.0 Å². The summed E-state index contributed by atoms with van der Waals surface area (Å²) in [5.41, 5.74) is -0.592. The first-order valence-electron chi connectivity index (χ1n) is 4.24. The Morgan fingerprint density at radius 3 is 1.82 bits per heavy atom. The minimum atomic E-state index is -0.592. The zero-order valence-corrected chi connectivity index (χ0v) is 8.26. The third-order valence-corrected chi connectivity index (χ3v) is 1.90. The maximum absolute atomic E-state index is 9.55. The largest absolute Gasteiger partial charge is 0.390 e. The monoisotopic (exact) mass is 156 g/mol. The van der Waals surface area contributed by atoms with E-state index in [0.717, 1.165) is 0 Å². The predicted molar refractivity (Wildman–Crippen MR) is 49.4 cm³/mol. The summed E-state index contributed by atoms with van der Waals surface area (Å²) < 4.78 is 0. The Morgan fingerprint density at radius 1 is 1.09 bits per heavy atom. The summed E-state index contributed by atoms with van der Waals surface area (Å²) in [6, 6.07) is 0. The van der Waals surface area contributed by atoms with Crippen LogP contribution in [0.25, 0.3) is 0 Å². The lowest BCUT2D eigenvalue weighted by molar-refractivity contribution is 0.0439. The normalized spacial score (nSPS) is 16.3. The second-order valence-corrected chi connectivity index (χ2v) is 4.07. The average molecular weight is 156 g/mol. The fourth-order valence-corrected chi connectivity index (χ4v) is 0.624. The Morgan fingerprint density at radius 2 is 1.55 bits per heavy atom. The molecule has 0 spiro atoms. The highest BCUT2D eigenvalue weighted by molar-refractivity contribution is 4.94. The SMILES string of the molecule is CC(C)C=C[C@@H](C)C(C)(C)O. The van der Waals surface area contributed by atoms with Crippen molar-refractivity contribution in [3.63, 3.8) is 0 Å². The van der Waals surface area contributed by atoms with Crippen molar-refractivity contribution in [2.45, 2.75) is 40.2 Å². The first kappa shape index (κ1) is 10.7. The molecule has 0 aliphatic carbocycles.